The highest BCUT2D eigenvalue weighted by Crippen LogP contribution is 2.31. The number of hydrogen-bond acceptors (Lipinski definition) is 6. The Labute approximate surface area is 201 Å². The van der Waals surface area contributed by atoms with Gasteiger partial charge in [-0.25, -0.2) is 14.7 Å². The molecule has 0 radical (unpaired) electrons. The number of sulfonamides is 1. The Morgan fingerprint density at radius 3 is 2.32 bits per heavy atom. The van der Waals surface area contributed by atoms with E-state index in [4.69, 9.17) is 4.74 Å². The van der Waals surface area contributed by atoms with Crippen LogP contribution in [0, 0.1) is 27.7 Å². The van der Waals surface area contributed by atoms with Crippen molar-refractivity contribution in [3.05, 3.63) is 76.1 Å². The van der Waals surface area contributed by atoms with Gasteiger partial charge in [0.15, 0.2) is 5.03 Å². The third-order valence-corrected chi connectivity index (χ3v) is 6.60. The zero-order valence-corrected chi connectivity index (χ0v) is 21.1. The van der Waals surface area contributed by atoms with E-state index in [-0.39, 0.29) is 16.5 Å². The van der Waals surface area contributed by atoms with Crippen LogP contribution < -0.4 is 9.46 Å². The van der Waals surface area contributed by atoms with Crippen LogP contribution in [0.25, 0.3) is 0 Å². The second-order valence-electron chi connectivity index (χ2n) is 8.49. The van der Waals surface area contributed by atoms with Crippen molar-refractivity contribution in [2.45, 2.75) is 65.3 Å². The molecule has 34 heavy (non-hydrogen) atoms. The van der Waals surface area contributed by atoms with E-state index in [0.717, 1.165) is 48.1 Å². The maximum Gasteiger partial charge on any atom is 0.281 e. The molecule has 0 aliphatic rings. The third-order valence-electron chi connectivity index (χ3n) is 5.37. The molecule has 0 bridgehead atoms. The Bertz CT molecular complexity index is 1280. The minimum absolute atomic E-state index is 0.0369. The average molecular weight is 482 g/mol. The van der Waals surface area contributed by atoms with Crippen LogP contribution in [0.4, 0.5) is 0 Å². The number of aryl methyl sites for hydroxylation is 5. The maximum absolute atomic E-state index is 13.1. The molecular weight excluding hydrogens is 450 g/mol. The van der Waals surface area contributed by atoms with Crippen LogP contribution in [0.3, 0.4) is 0 Å². The maximum atomic E-state index is 13.1. The Hall–Kier alpha value is -3.26. The smallest absolute Gasteiger partial charge is 0.281 e. The molecule has 8 heteroatoms. The quantitative estimate of drug-likeness (QED) is 0.414. The van der Waals surface area contributed by atoms with Gasteiger partial charge in [-0.05, 0) is 75.9 Å². The molecule has 0 saturated heterocycles. The number of nitrogens with zero attached hydrogens (tertiary/aromatic N) is 2. The van der Waals surface area contributed by atoms with Gasteiger partial charge in [-0.15, -0.1) is 0 Å². The number of ether oxygens (including phenoxy) is 1. The van der Waals surface area contributed by atoms with Crippen LogP contribution in [-0.4, -0.2) is 24.3 Å². The molecule has 7 nitrogen and oxygen atoms in total. The lowest BCUT2D eigenvalue weighted by Gasteiger charge is -2.16. The molecule has 180 valence electrons. The van der Waals surface area contributed by atoms with Crippen molar-refractivity contribution >= 4 is 15.9 Å². The lowest BCUT2D eigenvalue weighted by molar-refractivity contribution is 0.0978. The van der Waals surface area contributed by atoms with Crippen LogP contribution in [0.2, 0.25) is 0 Å². The van der Waals surface area contributed by atoms with Crippen LogP contribution in [-0.2, 0) is 16.4 Å². The van der Waals surface area contributed by atoms with E-state index in [1.165, 1.54) is 6.07 Å². The van der Waals surface area contributed by atoms with Crippen LogP contribution in [0.1, 0.15) is 64.6 Å². The number of hydrogen-bond donors (Lipinski definition) is 1. The van der Waals surface area contributed by atoms with E-state index in [0.29, 0.717) is 11.4 Å². The van der Waals surface area contributed by atoms with Gasteiger partial charge in [-0.2, -0.15) is 8.42 Å². The normalized spacial score (nSPS) is 11.3. The van der Waals surface area contributed by atoms with Gasteiger partial charge in [0.2, 0.25) is 5.88 Å². The number of carbonyl (C=O) groups is 1. The van der Waals surface area contributed by atoms with Crippen molar-refractivity contribution in [1.82, 2.24) is 14.7 Å². The van der Waals surface area contributed by atoms with Crippen LogP contribution in [0.15, 0.2) is 47.5 Å². The highest BCUT2D eigenvalue weighted by molar-refractivity contribution is 7.90. The molecule has 0 aliphatic heterocycles. The highest BCUT2D eigenvalue weighted by atomic mass is 32.2. The summed E-state index contributed by atoms with van der Waals surface area (Å²) in [5, 5.41) is -0.224. The summed E-state index contributed by atoms with van der Waals surface area (Å²) in [6, 6.07) is 11.9. The van der Waals surface area contributed by atoms with Crippen molar-refractivity contribution in [2.75, 3.05) is 0 Å². The number of pyridine rings is 2. The fourth-order valence-electron chi connectivity index (χ4n) is 3.75. The molecule has 1 N–H and O–H groups in total. The fourth-order valence-corrected chi connectivity index (χ4v) is 4.73. The van der Waals surface area contributed by atoms with E-state index in [9.17, 15) is 13.2 Å². The Balaban J connectivity index is 1.98. The molecule has 2 aromatic heterocycles. The van der Waals surface area contributed by atoms with Gasteiger partial charge >= 0.3 is 0 Å². The van der Waals surface area contributed by atoms with E-state index < -0.39 is 15.9 Å². The monoisotopic (exact) mass is 481 g/mol. The summed E-state index contributed by atoms with van der Waals surface area (Å²) in [5.74, 6) is -0.150. The van der Waals surface area contributed by atoms with Gasteiger partial charge in [-0.3, -0.25) is 4.79 Å². The standard InChI is InChI=1S/C26H31N3O4S/c1-6-7-8-11-21-13-14-22(25(30)29-34(31,32)23-12-9-10-20(5)27-23)26(28-21)33-24-18(3)15-17(2)16-19(24)4/h9-10,12-16H,6-8,11H2,1-5H3,(H,29,30). The van der Waals surface area contributed by atoms with E-state index >= 15 is 0 Å². The molecule has 0 unspecified atom stereocenters. The summed E-state index contributed by atoms with van der Waals surface area (Å²) in [5.41, 5.74) is 4.25. The zero-order chi connectivity index (χ0) is 24.9. The number of rotatable bonds is 9. The first-order chi connectivity index (χ1) is 16.1. The van der Waals surface area contributed by atoms with E-state index in [1.54, 1.807) is 31.2 Å². The second kappa shape index (κ2) is 10.8. The molecule has 1 aromatic carbocycles. The van der Waals surface area contributed by atoms with Crippen LogP contribution >= 0.6 is 0 Å². The largest absolute Gasteiger partial charge is 0.438 e. The number of amides is 1. The zero-order valence-electron chi connectivity index (χ0n) is 20.3. The van der Waals surface area contributed by atoms with E-state index in [2.05, 4.69) is 21.6 Å². The first-order valence-electron chi connectivity index (χ1n) is 11.4. The van der Waals surface area contributed by atoms with Gasteiger partial charge in [0.1, 0.15) is 11.3 Å². The molecule has 0 fully saturated rings. The second-order valence-corrected chi connectivity index (χ2v) is 10.1. The number of benzene rings is 1. The molecule has 0 aliphatic carbocycles. The molecular formula is C26H31N3O4S. The molecule has 0 atom stereocenters. The molecule has 3 aromatic rings. The van der Waals surface area contributed by atoms with Crippen molar-refractivity contribution < 1.29 is 17.9 Å². The topological polar surface area (TPSA) is 98.2 Å². The summed E-state index contributed by atoms with van der Waals surface area (Å²) < 4.78 is 33.8. The lowest BCUT2D eigenvalue weighted by Crippen LogP contribution is -2.31. The van der Waals surface area contributed by atoms with Gasteiger partial charge < -0.3 is 4.74 Å². The number of nitrogens with one attached hydrogen (secondary N) is 1. The van der Waals surface area contributed by atoms with Crippen molar-refractivity contribution in [3.8, 4) is 11.6 Å². The molecule has 2 heterocycles. The molecule has 1 amide bonds. The first kappa shape index (κ1) is 25.4. The Morgan fingerprint density at radius 2 is 1.68 bits per heavy atom. The van der Waals surface area contributed by atoms with E-state index in [1.807, 2.05) is 32.9 Å². The van der Waals surface area contributed by atoms with Gasteiger partial charge in [0, 0.05) is 11.4 Å². The van der Waals surface area contributed by atoms with Crippen LogP contribution in [0.5, 0.6) is 11.6 Å². The first-order valence-corrected chi connectivity index (χ1v) is 12.9. The predicted octanol–water partition coefficient (Wildman–Crippen LogP) is 5.35. The summed E-state index contributed by atoms with van der Waals surface area (Å²) in [6.45, 7) is 9.66. The third kappa shape index (κ3) is 6.20. The fraction of sp³-hybridized carbons (Fsp3) is 0.346. The highest BCUT2D eigenvalue weighted by Gasteiger charge is 2.24. The number of unbranched alkanes of at least 4 members (excludes halogenated alkanes) is 2. The minimum atomic E-state index is -4.16. The average Bonchev–Trinajstić information content (AvgIpc) is 2.76. The molecule has 3 rings (SSSR count). The molecule has 0 spiro atoms. The van der Waals surface area contributed by atoms with Gasteiger partial charge in [0.05, 0.1) is 0 Å². The lowest BCUT2D eigenvalue weighted by atomic mass is 10.1. The van der Waals surface area contributed by atoms with Gasteiger partial charge in [0.25, 0.3) is 15.9 Å². The number of aromatic nitrogens is 2. The number of carbonyl (C=O) groups excluding carboxylic acids is 1. The summed E-state index contributed by atoms with van der Waals surface area (Å²) >= 11 is 0. The SMILES string of the molecule is CCCCCc1ccc(C(=O)NS(=O)(=O)c2cccc(C)n2)c(Oc2c(C)cc(C)cc2C)n1. The predicted molar refractivity (Wildman–Crippen MR) is 132 cm³/mol. The van der Waals surface area contributed by atoms with Crippen molar-refractivity contribution in [3.63, 3.8) is 0 Å². The van der Waals surface area contributed by atoms with Crippen molar-refractivity contribution in [2.24, 2.45) is 0 Å². The Morgan fingerprint density at radius 1 is 0.971 bits per heavy atom. The minimum Gasteiger partial charge on any atom is -0.438 e. The summed E-state index contributed by atoms with van der Waals surface area (Å²) in [4.78, 5) is 21.7. The Kier molecular flexibility index (Phi) is 8.04. The van der Waals surface area contributed by atoms with Gasteiger partial charge in [-0.1, -0.05) is 43.5 Å². The molecule has 0 saturated carbocycles. The van der Waals surface area contributed by atoms with Crippen molar-refractivity contribution in [1.29, 1.82) is 0 Å². The summed E-state index contributed by atoms with van der Waals surface area (Å²) in [6.07, 6.45) is 3.85. The summed E-state index contributed by atoms with van der Waals surface area (Å²) in [7, 11) is -4.16.